The van der Waals surface area contributed by atoms with E-state index in [0.29, 0.717) is 12.6 Å². The van der Waals surface area contributed by atoms with E-state index < -0.39 is 0 Å². The van der Waals surface area contributed by atoms with Crippen LogP contribution in [0.2, 0.25) is 0 Å². The number of hydrogen-bond donors (Lipinski definition) is 1. The molecule has 0 aliphatic heterocycles. The third-order valence-electron chi connectivity index (χ3n) is 4.39. The molecule has 1 aliphatic carbocycles. The fourth-order valence-electron chi connectivity index (χ4n) is 3.00. The van der Waals surface area contributed by atoms with Crippen molar-refractivity contribution in [3.05, 3.63) is 47.7 Å². The van der Waals surface area contributed by atoms with E-state index in [1.54, 1.807) is 6.20 Å². The van der Waals surface area contributed by atoms with Crippen molar-refractivity contribution in [1.29, 1.82) is 5.26 Å². The van der Waals surface area contributed by atoms with Crippen LogP contribution >= 0.6 is 0 Å². The van der Waals surface area contributed by atoms with Gasteiger partial charge in [-0.05, 0) is 24.8 Å². The van der Waals surface area contributed by atoms with Gasteiger partial charge in [0.25, 0.3) is 5.91 Å². The molecular formula is C19H25N3O. The molecule has 0 unspecified atom stereocenters. The van der Waals surface area contributed by atoms with Gasteiger partial charge in [0, 0.05) is 25.8 Å². The molecule has 0 bridgehead atoms. The summed E-state index contributed by atoms with van der Waals surface area (Å²) in [7, 11) is 1.96. The molecule has 23 heavy (non-hydrogen) atoms. The van der Waals surface area contributed by atoms with Crippen molar-refractivity contribution in [2.24, 2.45) is 0 Å². The molecular weight excluding hydrogens is 286 g/mol. The normalized spacial score (nSPS) is 15.7. The molecule has 0 radical (unpaired) electrons. The second kappa shape index (κ2) is 8.99. The number of carbonyl (C=O) groups excluding carboxylic acids is 1. The van der Waals surface area contributed by atoms with E-state index in [4.69, 9.17) is 0 Å². The average molecular weight is 311 g/mol. The van der Waals surface area contributed by atoms with Crippen molar-refractivity contribution in [2.45, 2.75) is 44.6 Å². The Morgan fingerprint density at radius 2 is 2.00 bits per heavy atom. The van der Waals surface area contributed by atoms with Crippen molar-refractivity contribution < 1.29 is 4.79 Å². The molecule has 1 aromatic carbocycles. The van der Waals surface area contributed by atoms with Crippen molar-refractivity contribution >= 4 is 5.91 Å². The first-order valence-electron chi connectivity index (χ1n) is 8.36. The second-order valence-electron chi connectivity index (χ2n) is 6.10. The molecule has 1 fully saturated rings. The number of rotatable bonds is 6. The molecule has 1 N–H and O–H groups in total. The number of hydrogen-bond acceptors (Lipinski definition) is 3. The molecule has 2 rings (SSSR count). The molecule has 0 atom stereocenters. The summed E-state index contributed by atoms with van der Waals surface area (Å²) in [5, 5.41) is 12.1. The van der Waals surface area contributed by atoms with Gasteiger partial charge in [-0.2, -0.15) is 5.26 Å². The first kappa shape index (κ1) is 17.1. The van der Waals surface area contributed by atoms with E-state index in [2.05, 4.69) is 5.32 Å². The maximum atomic E-state index is 12.2. The van der Waals surface area contributed by atoms with Gasteiger partial charge in [-0.25, -0.2) is 0 Å². The van der Waals surface area contributed by atoms with Crippen LogP contribution in [0.1, 0.15) is 37.7 Å². The number of nitrogens with zero attached hydrogens (tertiary/aromatic N) is 2. The van der Waals surface area contributed by atoms with Crippen molar-refractivity contribution in [3.63, 3.8) is 0 Å². The van der Waals surface area contributed by atoms with Gasteiger partial charge in [-0.15, -0.1) is 0 Å². The van der Waals surface area contributed by atoms with Gasteiger partial charge in [0.1, 0.15) is 11.6 Å². The van der Waals surface area contributed by atoms with Crippen LogP contribution in [0.15, 0.2) is 42.1 Å². The van der Waals surface area contributed by atoms with E-state index in [1.165, 1.54) is 24.8 Å². The SMILES string of the molecule is CN(/C=C(/C#N)C(=O)NCCc1ccccc1)C1CCCCC1. The van der Waals surface area contributed by atoms with E-state index in [0.717, 1.165) is 19.3 Å². The first-order chi connectivity index (χ1) is 11.2. The Balaban J connectivity index is 1.85. The summed E-state index contributed by atoms with van der Waals surface area (Å²) in [6, 6.07) is 12.5. The van der Waals surface area contributed by atoms with Crippen molar-refractivity contribution in [2.75, 3.05) is 13.6 Å². The predicted molar refractivity (Wildman–Crippen MR) is 91.5 cm³/mol. The number of carbonyl (C=O) groups is 1. The number of nitrogens with one attached hydrogen (secondary N) is 1. The molecule has 0 spiro atoms. The zero-order valence-electron chi connectivity index (χ0n) is 13.8. The van der Waals surface area contributed by atoms with Crippen LogP contribution in [-0.4, -0.2) is 30.4 Å². The summed E-state index contributed by atoms with van der Waals surface area (Å²) in [6.45, 7) is 0.537. The number of nitriles is 1. The molecule has 1 aliphatic rings. The highest BCUT2D eigenvalue weighted by Gasteiger charge is 2.18. The van der Waals surface area contributed by atoms with Crippen LogP contribution in [0.5, 0.6) is 0 Å². The quantitative estimate of drug-likeness (QED) is 0.649. The largest absolute Gasteiger partial charge is 0.376 e. The standard InChI is InChI=1S/C19H25N3O/c1-22(18-10-6-3-7-11-18)15-17(14-20)19(23)21-13-12-16-8-4-2-5-9-16/h2,4-5,8-9,15,18H,3,6-7,10-13H2,1H3,(H,21,23)/b17-15-. The highest BCUT2D eigenvalue weighted by molar-refractivity contribution is 5.97. The molecule has 4 heteroatoms. The third-order valence-corrected chi connectivity index (χ3v) is 4.39. The Morgan fingerprint density at radius 3 is 2.65 bits per heavy atom. The fourth-order valence-corrected chi connectivity index (χ4v) is 3.00. The Labute approximate surface area is 138 Å². The zero-order valence-corrected chi connectivity index (χ0v) is 13.8. The minimum absolute atomic E-state index is 0.186. The molecule has 4 nitrogen and oxygen atoms in total. The summed E-state index contributed by atoms with van der Waals surface area (Å²) in [5.74, 6) is -0.286. The smallest absolute Gasteiger partial charge is 0.263 e. The summed E-state index contributed by atoms with van der Waals surface area (Å²) in [5.41, 5.74) is 1.36. The predicted octanol–water partition coefficient (Wildman–Crippen LogP) is 3.02. The monoisotopic (exact) mass is 311 g/mol. The van der Waals surface area contributed by atoms with Crippen LogP contribution in [0.3, 0.4) is 0 Å². The van der Waals surface area contributed by atoms with Gasteiger partial charge in [-0.3, -0.25) is 4.79 Å². The van der Waals surface area contributed by atoms with Crippen molar-refractivity contribution in [3.8, 4) is 6.07 Å². The number of amides is 1. The van der Waals surface area contributed by atoms with Crippen LogP contribution < -0.4 is 5.32 Å². The Kier molecular flexibility index (Phi) is 6.68. The van der Waals surface area contributed by atoms with Gasteiger partial charge < -0.3 is 10.2 Å². The van der Waals surface area contributed by atoms with E-state index in [1.807, 2.05) is 48.3 Å². The van der Waals surface area contributed by atoms with Crippen molar-refractivity contribution in [1.82, 2.24) is 10.2 Å². The third kappa shape index (κ3) is 5.45. The summed E-state index contributed by atoms with van der Waals surface area (Å²) in [6.07, 6.45) is 8.50. The second-order valence-corrected chi connectivity index (χ2v) is 6.10. The van der Waals surface area contributed by atoms with Crippen LogP contribution in [0, 0.1) is 11.3 Å². The lowest BCUT2D eigenvalue weighted by molar-refractivity contribution is -0.117. The molecule has 0 saturated heterocycles. The van der Waals surface area contributed by atoms with Gasteiger partial charge in [-0.1, -0.05) is 49.6 Å². The topological polar surface area (TPSA) is 56.1 Å². The Morgan fingerprint density at radius 1 is 1.30 bits per heavy atom. The maximum Gasteiger partial charge on any atom is 0.263 e. The summed E-state index contributed by atoms with van der Waals surface area (Å²) >= 11 is 0. The number of benzene rings is 1. The molecule has 122 valence electrons. The average Bonchev–Trinajstić information content (AvgIpc) is 2.61. The molecule has 1 amide bonds. The lowest BCUT2D eigenvalue weighted by Gasteiger charge is -2.30. The fraction of sp³-hybridized carbons (Fsp3) is 0.474. The van der Waals surface area contributed by atoms with Gasteiger partial charge in [0.15, 0.2) is 0 Å². The maximum absolute atomic E-state index is 12.2. The first-order valence-corrected chi connectivity index (χ1v) is 8.36. The van der Waals surface area contributed by atoms with Crippen LogP contribution in [0.25, 0.3) is 0 Å². The zero-order chi connectivity index (χ0) is 16.5. The van der Waals surface area contributed by atoms with E-state index in [-0.39, 0.29) is 11.5 Å². The molecule has 1 aromatic rings. The highest BCUT2D eigenvalue weighted by Crippen LogP contribution is 2.22. The Hall–Kier alpha value is -2.28. The summed E-state index contributed by atoms with van der Waals surface area (Å²) < 4.78 is 0. The Bertz CT molecular complexity index is 568. The minimum Gasteiger partial charge on any atom is -0.376 e. The van der Waals surface area contributed by atoms with Crippen LogP contribution in [0.4, 0.5) is 0 Å². The molecule has 0 aromatic heterocycles. The minimum atomic E-state index is -0.286. The van der Waals surface area contributed by atoms with Gasteiger partial charge in [0.2, 0.25) is 0 Å². The van der Waals surface area contributed by atoms with Gasteiger partial charge in [0.05, 0.1) is 0 Å². The van der Waals surface area contributed by atoms with Gasteiger partial charge >= 0.3 is 0 Å². The van der Waals surface area contributed by atoms with E-state index >= 15 is 0 Å². The van der Waals surface area contributed by atoms with E-state index in [9.17, 15) is 10.1 Å². The van der Waals surface area contributed by atoms with Crippen LogP contribution in [-0.2, 0) is 11.2 Å². The lowest BCUT2D eigenvalue weighted by atomic mass is 9.94. The summed E-state index contributed by atoms with van der Waals surface area (Å²) in [4.78, 5) is 14.2. The lowest BCUT2D eigenvalue weighted by Crippen LogP contribution is -2.32. The highest BCUT2D eigenvalue weighted by atomic mass is 16.1. The molecule has 0 heterocycles. The molecule has 1 saturated carbocycles.